The number of para-hydroxylation sites is 2. The van der Waals surface area contributed by atoms with Crippen molar-refractivity contribution in [3.8, 4) is 0 Å². The standard InChI is InChI=1S/C24H19ClF2N2O2S/c25-22-20(32-19-7-2-1-6-18(19)29(30)31)12-16-21(22)15-4-3-5-17(27)24(15)28-23(16)13-8-10-14(26)11-9-13/h1-11,16,20-23,28H,12H2/t16-,20+,21+,22+,23-/m0/s1. The molecule has 0 aromatic heterocycles. The maximum atomic E-state index is 14.7. The molecule has 1 N–H and O–H groups in total. The highest BCUT2D eigenvalue weighted by Crippen LogP contribution is 2.58. The Hall–Kier alpha value is -2.64. The molecular formula is C24H19ClF2N2O2S. The fraction of sp³-hybridized carbons (Fsp3) is 0.250. The van der Waals surface area contributed by atoms with Crippen molar-refractivity contribution in [3.05, 3.63) is 99.6 Å². The van der Waals surface area contributed by atoms with E-state index in [0.29, 0.717) is 17.0 Å². The van der Waals surface area contributed by atoms with Gasteiger partial charge in [-0.25, -0.2) is 8.78 Å². The Balaban J connectivity index is 1.54. The molecule has 0 bridgehead atoms. The first-order chi connectivity index (χ1) is 15.4. The zero-order valence-corrected chi connectivity index (χ0v) is 18.3. The van der Waals surface area contributed by atoms with E-state index in [2.05, 4.69) is 5.32 Å². The highest BCUT2D eigenvalue weighted by Gasteiger charge is 2.50. The Bertz CT molecular complexity index is 1180. The smallest absolute Gasteiger partial charge is 0.282 e. The second kappa shape index (κ2) is 8.37. The van der Waals surface area contributed by atoms with Gasteiger partial charge in [0.05, 0.1) is 26.9 Å². The molecule has 1 heterocycles. The van der Waals surface area contributed by atoms with E-state index in [0.717, 1.165) is 11.1 Å². The molecule has 0 amide bonds. The van der Waals surface area contributed by atoms with Gasteiger partial charge in [-0.3, -0.25) is 10.1 Å². The molecule has 3 aromatic carbocycles. The molecule has 0 unspecified atom stereocenters. The minimum atomic E-state index is -0.388. The van der Waals surface area contributed by atoms with Gasteiger partial charge in [0, 0.05) is 17.2 Å². The number of rotatable bonds is 4. The van der Waals surface area contributed by atoms with Crippen LogP contribution >= 0.6 is 23.4 Å². The molecule has 1 aliphatic carbocycles. The number of nitro benzene ring substituents is 1. The third-order valence-corrected chi connectivity index (χ3v) is 8.48. The summed E-state index contributed by atoms with van der Waals surface area (Å²) in [5.41, 5.74) is 2.15. The van der Waals surface area contributed by atoms with Gasteiger partial charge in [0.25, 0.3) is 5.69 Å². The van der Waals surface area contributed by atoms with Crippen LogP contribution < -0.4 is 5.32 Å². The molecular weight excluding hydrogens is 454 g/mol. The molecule has 8 heteroatoms. The van der Waals surface area contributed by atoms with Crippen molar-refractivity contribution in [3.63, 3.8) is 0 Å². The first kappa shape index (κ1) is 21.2. The topological polar surface area (TPSA) is 55.2 Å². The summed E-state index contributed by atoms with van der Waals surface area (Å²) in [6.07, 6.45) is 0.681. The molecule has 5 atom stereocenters. The van der Waals surface area contributed by atoms with E-state index < -0.39 is 0 Å². The van der Waals surface area contributed by atoms with Crippen LogP contribution in [0, 0.1) is 27.7 Å². The van der Waals surface area contributed by atoms with E-state index in [1.807, 2.05) is 6.07 Å². The van der Waals surface area contributed by atoms with Gasteiger partial charge in [-0.2, -0.15) is 0 Å². The van der Waals surface area contributed by atoms with E-state index in [4.69, 9.17) is 11.6 Å². The van der Waals surface area contributed by atoms with Gasteiger partial charge in [0.2, 0.25) is 0 Å². The van der Waals surface area contributed by atoms with E-state index in [1.165, 1.54) is 36.0 Å². The highest BCUT2D eigenvalue weighted by molar-refractivity contribution is 8.00. The molecule has 0 spiro atoms. The number of nitrogens with zero attached hydrogens (tertiary/aromatic N) is 1. The zero-order chi connectivity index (χ0) is 22.4. The van der Waals surface area contributed by atoms with E-state index in [9.17, 15) is 18.9 Å². The van der Waals surface area contributed by atoms with Crippen LogP contribution in [-0.2, 0) is 0 Å². The molecule has 0 saturated heterocycles. The number of anilines is 1. The summed E-state index contributed by atoms with van der Waals surface area (Å²) in [5.74, 6) is -0.803. The lowest BCUT2D eigenvalue weighted by Gasteiger charge is -2.38. The number of alkyl halides is 1. The van der Waals surface area contributed by atoms with Gasteiger partial charge in [-0.1, -0.05) is 36.4 Å². The van der Waals surface area contributed by atoms with Crippen LogP contribution in [0.2, 0.25) is 0 Å². The van der Waals surface area contributed by atoms with Crippen molar-refractivity contribution in [2.24, 2.45) is 5.92 Å². The Morgan fingerprint density at radius 2 is 1.78 bits per heavy atom. The van der Waals surface area contributed by atoms with Crippen LogP contribution in [0.15, 0.2) is 71.6 Å². The lowest BCUT2D eigenvalue weighted by molar-refractivity contribution is -0.387. The minimum absolute atomic E-state index is 0.0255. The van der Waals surface area contributed by atoms with Crippen LogP contribution in [0.3, 0.4) is 0 Å². The van der Waals surface area contributed by atoms with Gasteiger partial charge in [-0.05, 0) is 47.7 Å². The lowest BCUT2D eigenvalue weighted by Crippen LogP contribution is -2.31. The second-order valence-electron chi connectivity index (χ2n) is 8.13. The third kappa shape index (κ3) is 3.63. The summed E-state index contributed by atoms with van der Waals surface area (Å²) in [5, 5.41) is 14.3. The van der Waals surface area contributed by atoms with Gasteiger partial charge in [0.1, 0.15) is 11.6 Å². The predicted molar refractivity (Wildman–Crippen MR) is 122 cm³/mol. The monoisotopic (exact) mass is 472 g/mol. The van der Waals surface area contributed by atoms with Crippen molar-refractivity contribution < 1.29 is 13.7 Å². The quantitative estimate of drug-likeness (QED) is 0.254. The second-order valence-corrected chi connectivity index (χ2v) is 9.91. The summed E-state index contributed by atoms with van der Waals surface area (Å²) >= 11 is 8.39. The maximum Gasteiger partial charge on any atom is 0.282 e. The fourth-order valence-electron chi connectivity index (χ4n) is 4.98. The number of halogens is 3. The predicted octanol–water partition coefficient (Wildman–Crippen LogP) is 6.91. The van der Waals surface area contributed by atoms with Crippen molar-refractivity contribution >= 4 is 34.7 Å². The van der Waals surface area contributed by atoms with Gasteiger partial charge < -0.3 is 5.32 Å². The molecule has 4 nitrogen and oxygen atoms in total. The van der Waals surface area contributed by atoms with Crippen molar-refractivity contribution in [2.75, 3.05) is 5.32 Å². The summed E-state index contributed by atoms with van der Waals surface area (Å²) in [7, 11) is 0. The average molecular weight is 473 g/mol. The Morgan fingerprint density at radius 3 is 2.53 bits per heavy atom. The number of benzene rings is 3. The minimum Gasteiger partial charge on any atom is -0.375 e. The number of hydrogen-bond acceptors (Lipinski definition) is 4. The zero-order valence-electron chi connectivity index (χ0n) is 16.8. The molecule has 0 radical (unpaired) electrons. The van der Waals surface area contributed by atoms with Gasteiger partial charge in [-0.15, -0.1) is 23.4 Å². The summed E-state index contributed by atoms with van der Waals surface area (Å²) in [4.78, 5) is 11.7. The number of nitrogens with one attached hydrogen (secondary N) is 1. The van der Waals surface area contributed by atoms with Crippen LogP contribution in [0.4, 0.5) is 20.2 Å². The van der Waals surface area contributed by atoms with Crippen molar-refractivity contribution in [1.82, 2.24) is 0 Å². The van der Waals surface area contributed by atoms with E-state index in [1.54, 1.807) is 36.4 Å². The maximum absolute atomic E-state index is 14.7. The van der Waals surface area contributed by atoms with E-state index >= 15 is 0 Å². The third-order valence-electron chi connectivity index (χ3n) is 6.37. The molecule has 32 heavy (non-hydrogen) atoms. The number of hydrogen-bond donors (Lipinski definition) is 1. The Morgan fingerprint density at radius 1 is 1.03 bits per heavy atom. The Labute approximate surface area is 193 Å². The van der Waals surface area contributed by atoms with Crippen molar-refractivity contribution in [1.29, 1.82) is 0 Å². The fourth-order valence-corrected chi connectivity index (χ4v) is 6.92. The van der Waals surface area contributed by atoms with Crippen LogP contribution in [0.5, 0.6) is 0 Å². The number of nitro groups is 1. The van der Waals surface area contributed by atoms with Crippen LogP contribution in [0.25, 0.3) is 0 Å². The van der Waals surface area contributed by atoms with Gasteiger partial charge >= 0.3 is 0 Å². The van der Waals surface area contributed by atoms with Crippen LogP contribution in [-0.4, -0.2) is 15.6 Å². The van der Waals surface area contributed by atoms with Crippen molar-refractivity contribution in [2.45, 2.75) is 33.9 Å². The first-order valence-corrected chi connectivity index (χ1v) is 11.6. The van der Waals surface area contributed by atoms with Crippen LogP contribution in [0.1, 0.15) is 29.5 Å². The average Bonchev–Trinajstić information content (AvgIpc) is 3.11. The SMILES string of the molecule is O=[N+]([O-])c1ccccc1S[C@@H]1C[C@H]2[C@@H](c3cccc(F)c3N[C@H]2c2ccc(F)cc2)[C@@H]1Cl. The highest BCUT2D eigenvalue weighted by atomic mass is 35.5. The molecule has 164 valence electrons. The lowest BCUT2D eigenvalue weighted by atomic mass is 9.77. The molecule has 1 aliphatic heterocycles. The molecule has 5 rings (SSSR count). The molecule has 1 saturated carbocycles. The summed E-state index contributed by atoms with van der Waals surface area (Å²) in [6, 6.07) is 17.6. The Kier molecular flexibility index (Phi) is 5.55. The summed E-state index contributed by atoms with van der Waals surface area (Å²) in [6.45, 7) is 0. The van der Waals surface area contributed by atoms with Gasteiger partial charge in [0.15, 0.2) is 0 Å². The molecule has 3 aromatic rings. The molecule has 1 fully saturated rings. The first-order valence-electron chi connectivity index (χ1n) is 10.3. The largest absolute Gasteiger partial charge is 0.375 e. The van der Waals surface area contributed by atoms with E-state index in [-0.39, 0.29) is 50.7 Å². The summed E-state index contributed by atoms with van der Waals surface area (Å²) < 4.78 is 28.3. The normalized spacial score (nSPS) is 26.2. The number of fused-ring (bicyclic) bond motifs is 3. The molecule has 2 aliphatic rings. The number of thioether (sulfide) groups is 1.